The van der Waals surface area contributed by atoms with Gasteiger partial charge in [0.05, 0.1) is 19.0 Å². The van der Waals surface area contributed by atoms with E-state index < -0.39 is 0 Å². The highest BCUT2D eigenvalue weighted by Gasteiger charge is 2.25. The van der Waals surface area contributed by atoms with E-state index in [2.05, 4.69) is 31.8 Å². The molecule has 8 heteroatoms. The summed E-state index contributed by atoms with van der Waals surface area (Å²) in [6, 6.07) is 6.07. The maximum Gasteiger partial charge on any atom is 0.191 e. The van der Waals surface area contributed by atoms with Gasteiger partial charge in [0, 0.05) is 51.0 Å². The highest BCUT2D eigenvalue weighted by atomic mass is 35.5. The van der Waals surface area contributed by atoms with E-state index in [4.69, 9.17) is 16.3 Å². The molecule has 0 aliphatic carbocycles. The number of halogens is 1. The summed E-state index contributed by atoms with van der Waals surface area (Å²) in [5, 5.41) is 11.9. The first kappa shape index (κ1) is 20.3. The molecule has 1 aliphatic rings. The van der Waals surface area contributed by atoms with E-state index in [9.17, 15) is 0 Å². The third kappa shape index (κ3) is 5.32. The van der Waals surface area contributed by atoms with Gasteiger partial charge >= 0.3 is 0 Å². The number of aryl methyl sites for hydroxylation is 2. The molecule has 1 aromatic carbocycles. The number of aliphatic imine (C=N–C) groups is 1. The molecule has 2 aromatic rings. The van der Waals surface area contributed by atoms with Gasteiger partial charge < -0.3 is 20.3 Å². The van der Waals surface area contributed by atoms with Crippen LogP contribution < -0.4 is 20.3 Å². The first-order valence-corrected chi connectivity index (χ1v) is 10.00. The summed E-state index contributed by atoms with van der Waals surface area (Å²) in [6.07, 6.45) is 7.05. The topological polar surface area (TPSA) is 66.7 Å². The molecule has 0 bridgehead atoms. The Bertz CT molecular complexity index is 806. The van der Waals surface area contributed by atoms with Crippen LogP contribution in [-0.4, -0.2) is 55.6 Å². The van der Waals surface area contributed by atoms with Gasteiger partial charge in [-0.15, -0.1) is 0 Å². The number of hydrogen-bond acceptors (Lipinski definition) is 4. The van der Waals surface area contributed by atoms with Crippen LogP contribution in [0.15, 0.2) is 35.6 Å². The molecule has 0 spiro atoms. The molecule has 1 atom stereocenters. The molecule has 1 aromatic heterocycles. The Balaban J connectivity index is 1.46. The first-order chi connectivity index (χ1) is 13.6. The largest absolute Gasteiger partial charge is 0.495 e. The van der Waals surface area contributed by atoms with Gasteiger partial charge in [0.2, 0.25) is 0 Å². The predicted octanol–water partition coefficient (Wildman–Crippen LogP) is 2.46. The van der Waals surface area contributed by atoms with Gasteiger partial charge in [-0.1, -0.05) is 11.6 Å². The fourth-order valence-corrected chi connectivity index (χ4v) is 3.66. The van der Waals surface area contributed by atoms with Crippen molar-refractivity contribution in [1.29, 1.82) is 0 Å². The molecule has 0 saturated carbocycles. The normalized spacial score (nSPS) is 17.1. The molecule has 28 heavy (non-hydrogen) atoms. The number of ether oxygens (including phenoxy) is 1. The lowest BCUT2D eigenvalue weighted by Crippen LogP contribution is -2.44. The van der Waals surface area contributed by atoms with E-state index in [1.807, 2.05) is 43.2 Å². The fraction of sp³-hybridized carbons (Fsp3) is 0.500. The monoisotopic (exact) mass is 404 g/mol. The second kappa shape index (κ2) is 9.68. The Labute approximate surface area is 171 Å². The summed E-state index contributed by atoms with van der Waals surface area (Å²) in [4.78, 5) is 6.66. The van der Waals surface area contributed by atoms with E-state index in [0.717, 1.165) is 61.3 Å². The highest BCUT2D eigenvalue weighted by Crippen LogP contribution is 2.33. The Hall–Kier alpha value is -2.41. The molecule has 1 aliphatic heterocycles. The van der Waals surface area contributed by atoms with Gasteiger partial charge in [0.25, 0.3) is 0 Å². The summed E-state index contributed by atoms with van der Waals surface area (Å²) in [7, 11) is 5.44. The number of nitrogens with one attached hydrogen (secondary N) is 2. The lowest BCUT2D eigenvalue weighted by atomic mass is 10.2. The van der Waals surface area contributed by atoms with Crippen LogP contribution in [0.1, 0.15) is 18.4 Å². The Kier molecular flexibility index (Phi) is 7.03. The van der Waals surface area contributed by atoms with Crippen molar-refractivity contribution in [2.24, 2.45) is 12.0 Å². The molecule has 1 saturated heterocycles. The Morgan fingerprint density at radius 2 is 2.29 bits per heavy atom. The standard InChI is InChI=1S/C20H29ClN6O/c1-22-20(23-9-4-5-15-12-24-26(2)13-15)25-17-8-10-27(14-17)18-11-16(21)6-7-19(18)28-3/h6-7,11-13,17H,4-5,8-10,14H2,1-3H3,(H2,22,23,25). The van der Waals surface area contributed by atoms with E-state index in [0.29, 0.717) is 6.04 Å². The predicted molar refractivity (Wildman–Crippen MR) is 115 cm³/mol. The molecule has 0 amide bonds. The zero-order chi connectivity index (χ0) is 19.9. The molecular weight excluding hydrogens is 376 g/mol. The minimum atomic E-state index is 0.327. The molecular formula is C20H29ClN6O. The summed E-state index contributed by atoms with van der Waals surface area (Å²) in [6.45, 7) is 2.70. The molecule has 2 heterocycles. The molecule has 2 N–H and O–H groups in total. The van der Waals surface area contributed by atoms with E-state index in [1.165, 1.54) is 5.56 Å². The van der Waals surface area contributed by atoms with Gasteiger partial charge in [0.15, 0.2) is 5.96 Å². The van der Waals surface area contributed by atoms with Crippen molar-refractivity contribution < 1.29 is 4.74 Å². The smallest absolute Gasteiger partial charge is 0.191 e. The number of anilines is 1. The van der Waals surface area contributed by atoms with Crippen LogP contribution in [0, 0.1) is 0 Å². The van der Waals surface area contributed by atoms with Crippen LogP contribution in [0.25, 0.3) is 0 Å². The van der Waals surface area contributed by atoms with Crippen molar-refractivity contribution in [2.45, 2.75) is 25.3 Å². The summed E-state index contributed by atoms with van der Waals surface area (Å²) < 4.78 is 7.33. The number of methoxy groups -OCH3 is 1. The van der Waals surface area contributed by atoms with Crippen molar-refractivity contribution in [3.8, 4) is 5.75 Å². The maximum atomic E-state index is 6.18. The molecule has 3 rings (SSSR count). The molecule has 152 valence electrons. The van der Waals surface area contributed by atoms with Crippen molar-refractivity contribution in [3.05, 3.63) is 41.2 Å². The minimum Gasteiger partial charge on any atom is -0.495 e. The van der Waals surface area contributed by atoms with Crippen molar-refractivity contribution in [1.82, 2.24) is 20.4 Å². The summed E-state index contributed by atoms with van der Waals surface area (Å²) >= 11 is 6.18. The second-order valence-corrected chi connectivity index (χ2v) is 7.45. The number of hydrogen-bond donors (Lipinski definition) is 2. The van der Waals surface area contributed by atoms with Crippen LogP contribution >= 0.6 is 11.6 Å². The average molecular weight is 405 g/mol. The maximum absolute atomic E-state index is 6.18. The third-order valence-electron chi connectivity index (χ3n) is 4.93. The highest BCUT2D eigenvalue weighted by molar-refractivity contribution is 6.30. The van der Waals surface area contributed by atoms with Gasteiger partial charge in [-0.3, -0.25) is 9.67 Å². The van der Waals surface area contributed by atoms with E-state index in [-0.39, 0.29) is 0 Å². The second-order valence-electron chi connectivity index (χ2n) is 7.02. The van der Waals surface area contributed by atoms with Gasteiger partial charge in [0.1, 0.15) is 5.75 Å². The zero-order valence-corrected chi connectivity index (χ0v) is 17.5. The fourth-order valence-electron chi connectivity index (χ4n) is 3.50. The number of rotatable bonds is 7. The van der Waals surface area contributed by atoms with Crippen LogP contribution in [-0.2, 0) is 13.5 Å². The summed E-state index contributed by atoms with van der Waals surface area (Å²) in [5.74, 6) is 1.69. The third-order valence-corrected chi connectivity index (χ3v) is 5.16. The Morgan fingerprint density at radius 1 is 1.43 bits per heavy atom. The summed E-state index contributed by atoms with van der Waals surface area (Å²) in [5.41, 5.74) is 2.30. The van der Waals surface area contributed by atoms with Crippen molar-refractivity contribution in [3.63, 3.8) is 0 Å². The number of guanidine groups is 1. The van der Waals surface area contributed by atoms with Crippen LogP contribution in [0.5, 0.6) is 5.75 Å². The lowest BCUT2D eigenvalue weighted by molar-refractivity contribution is 0.415. The Morgan fingerprint density at radius 3 is 3.00 bits per heavy atom. The van der Waals surface area contributed by atoms with Crippen molar-refractivity contribution >= 4 is 23.2 Å². The van der Waals surface area contributed by atoms with Crippen LogP contribution in [0.2, 0.25) is 5.02 Å². The van der Waals surface area contributed by atoms with Crippen LogP contribution in [0.4, 0.5) is 5.69 Å². The lowest BCUT2D eigenvalue weighted by Gasteiger charge is -2.22. The number of aromatic nitrogens is 2. The van der Waals surface area contributed by atoms with Gasteiger partial charge in [-0.25, -0.2) is 0 Å². The van der Waals surface area contributed by atoms with E-state index >= 15 is 0 Å². The average Bonchev–Trinajstić information content (AvgIpc) is 3.33. The molecule has 7 nitrogen and oxygen atoms in total. The number of benzene rings is 1. The molecule has 1 unspecified atom stereocenters. The molecule has 0 radical (unpaired) electrons. The van der Waals surface area contributed by atoms with Gasteiger partial charge in [-0.05, 0) is 43.0 Å². The van der Waals surface area contributed by atoms with Gasteiger partial charge in [-0.2, -0.15) is 5.10 Å². The number of nitrogens with zero attached hydrogens (tertiary/aromatic N) is 4. The van der Waals surface area contributed by atoms with Crippen LogP contribution in [0.3, 0.4) is 0 Å². The SMILES string of the molecule is CN=C(NCCCc1cnn(C)c1)NC1CCN(c2cc(Cl)ccc2OC)C1. The van der Waals surface area contributed by atoms with E-state index in [1.54, 1.807) is 7.11 Å². The van der Waals surface area contributed by atoms with Crippen molar-refractivity contribution in [2.75, 3.05) is 38.7 Å². The molecule has 1 fully saturated rings. The minimum absolute atomic E-state index is 0.327. The zero-order valence-electron chi connectivity index (χ0n) is 16.8. The quantitative estimate of drug-likeness (QED) is 0.421. The first-order valence-electron chi connectivity index (χ1n) is 9.62.